The molecule has 3 N–H and O–H groups in total. The van der Waals surface area contributed by atoms with Gasteiger partial charge in [-0.25, -0.2) is 9.79 Å². The topological polar surface area (TPSA) is 75.7 Å². The molecule has 1 aromatic heterocycles. The minimum absolute atomic E-state index is 0.211. The first-order valence-electron chi connectivity index (χ1n) is 6.99. The highest BCUT2D eigenvalue weighted by Crippen LogP contribution is 2.35. The maximum Gasteiger partial charge on any atom is 0.332 e. The van der Waals surface area contributed by atoms with Gasteiger partial charge in [-0.15, -0.1) is 11.3 Å². The summed E-state index contributed by atoms with van der Waals surface area (Å²) in [4.78, 5) is 17.6. The molecule has 1 aliphatic heterocycles. The number of carboxylic acids is 1. The van der Waals surface area contributed by atoms with Crippen LogP contribution in [0.2, 0.25) is 0 Å². The van der Waals surface area contributed by atoms with E-state index in [1.165, 1.54) is 30.6 Å². The van der Waals surface area contributed by atoms with E-state index in [4.69, 9.17) is 10.8 Å². The molecule has 0 saturated carbocycles. The quantitative estimate of drug-likeness (QED) is 0.784. The van der Waals surface area contributed by atoms with Gasteiger partial charge in [-0.2, -0.15) is 0 Å². The highest BCUT2D eigenvalue weighted by atomic mass is 32.1. The van der Waals surface area contributed by atoms with Crippen molar-refractivity contribution in [1.29, 1.82) is 0 Å². The minimum atomic E-state index is -0.922. The van der Waals surface area contributed by atoms with Crippen LogP contribution in [-0.2, 0) is 11.2 Å². The SMILES string of the molecule is CCCCCCc1cc2c(s1)C=C(C(=O)O)CC(N)=N2. The van der Waals surface area contributed by atoms with E-state index in [1.807, 2.05) is 6.07 Å². The third-order valence-corrected chi connectivity index (χ3v) is 4.41. The van der Waals surface area contributed by atoms with E-state index in [0.29, 0.717) is 11.4 Å². The van der Waals surface area contributed by atoms with Gasteiger partial charge < -0.3 is 10.8 Å². The lowest BCUT2D eigenvalue weighted by Crippen LogP contribution is -2.14. The lowest BCUT2D eigenvalue weighted by molar-refractivity contribution is -0.132. The molecule has 1 aromatic rings. The normalized spacial score (nSPS) is 14.2. The molecule has 2 rings (SSSR count). The Morgan fingerprint density at radius 3 is 2.95 bits per heavy atom. The van der Waals surface area contributed by atoms with Crippen molar-refractivity contribution in [1.82, 2.24) is 0 Å². The first-order valence-corrected chi connectivity index (χ1v) is 7.81. The zero-order valence-corrected chi connectivity index (χ0v) is 12.5. The van der Waals surface area contributed by atoms with Gasteiger partial charge >= 0.3 is 5.97 Å². The first-order chi connectivity index (χ1) is 9.60. The summed E-state index contributed by atoms with van der Waals surface area (Å²) in [6.07, 6.45) is 7.85. The Kier molecular flexibility index (Phi) is 4.95. The van der Waals surface area contributed by atoms with Crippen molar-refractivity contribution >= 4 is 34.9 Å². The summed E-state index contributed by atoms with van der Waals surface area (Å²) in [5.74, 6) is -0.554. The van der Waals surface area contributed by atoms with Crippen molar-refractivity contribution in [3.63, 3.8) is 0 Å². The minimum Gasteiger partial charge on any atom is -0.478 e. The van der Waals surface area contributed by atoms with Gasteiger partial charge in [0.25, 0.3) is 0 Å². The summed E-state index contributed by atoms with van der Waals surface area (Å²) in [7, 11) is 0. The number of carboxylic acid groups (broad SMARTS) is 1. The van der Waals surface area contributed by atoms with Crippen LogP contribution in [0.3, 0.4) is 0 Å². The van der Waals surface area contributed by atoms with E-state index >= 15 is 0 Å². The predicted molar refractivity (Wildman–Crippen MR) is 83.7 cm³/mol. The third-order valence-electron chi connectivity index (χ3n) is 3.28. The van der Waals surface area contributed by atoms with Crippen molar-refractivity contribution in [3.8, 4) is 0 Å². The van der Waals surface area contributed by atoms with Crippen LogP contribution >= 0.6 is 11.3 Å². The second-order valence-corrected chi connectivity index (χ2v) is 6.20. The number of unbranched alkanes of at least 4 members (excludes halogenated alkanes) is 3. The van der Waals surface area contributed by atoms with E-state index in [0.717, 1.165) is 17.0 Å². The van der Waals surface area contributed by atoms with Gasteiger partial charge in [0.1, 0.15) is 5.84 Å². The van der Waals surface area contributed by atoms with E-state index in [2.05, 4.69) is 11.9 Å². The number of hydrogen-bond donors (Lipinski definition) is 2. The maximum atomic E-state index is 11.1. The zero-order chi connectivity index (χ0) is 14.5. The average Bonchev–Trinajstić information content (AvgIpc) is 2.68. The third kappa shape index (κ3) is 3.70. The number of hydrogen-bond acceptors (Lipinski definition) is 4. The molecule has 0 spiro atoms. The number of amidine groups is 1. The molecule has 0 radical (unpaired) electrons. The maximum absolute atomic E-state index is 11.1. The molecule has 0 unspecified atom stereocenters. The molecule has 108 valence electrons. The highest BCUT2D eigenvalue weighted by Gasteiger charge is 2.17. The van der Waals surface area contributed by atoms with Gasteiger partial charge in [0, 0.05) is 16.9 Å². The van der Waals surface area contributed by atoms with Gasteiger partial charge in [-0.3, -0.25) is 0 Å². The van der Waals surface area contributed by atoms with E-state index in [-0.39, 0.29) is 6.42 Å². The summed E-state index contributed by atoms with van der Waals surface area (Å²) in [6.45, 7) is 2.20. The Bertz CT molecular complexity index is 558. The molecule has 0 aromatic carbocycles. The monoisotopic (exact) mass is 292 g/mol. The van der Waals surface area contributed by atoms with Crippen LogP contribution in [0.25, 0.3) is 6.08 Å². The number of thiophene rings is 1. The lowest BCUT2D eigenvalue weighted by Gasteiger charge is -1.99. The molecular formula is C15H20N2O2S. The molecule has 0 amide bonds. The smallest absolute Gasteiger partial charge is 0.332 e. The van der Waals surface area contributed by atoms with Crippen LogP contribution in [0, 0.1) is 0 Å². The number of nitrogens with two attached hydrogens (primary N) is 1. The van der Waals surface area contributed by atoms with Crippen LogP contribution in [-0.4, -0.2) is 16.9 Å². The van der Waals surface area contributed by atoms with Gasteiger partial charge in [-0.05, 0) is 25.0 Å². The lowest BCUT2D eigenvalue weighted by atomic mass is 10.1. The summed E-state index contributed by atoms with van der Waals surface area (Å²) in [5, 5.41) is 9.14. The Hall–Kier alpha value is -1.62. The van der Waals surface area contributed by atoms with Gasteiger partial charge in [0.2, 0.25) is 0 Å². The number of aliphatic imine (C=N–C) groups is 1. The second kappa shape index (κ2) is 6.70. The first kappa shape index (κ1) is 14.8. The molecule has 0 aliphatic carbocycles. The van der Waals surface area contributed by atoms with Crippen LogP contribution in [0.15, 0.2) is 16.6 Å². The molecule has 0 atom stereocenters. The summed E-state index contributed by atoms with van der Waals surface area (Å²) >= 11 is 1.63. The van der Waals surface area contributed by atoms with E-state index in [9.17, 15) is 4.79 Å². The number of rotatable bonds is 6. The molecule has 0 saturated heterocycles. The number of aliphatic carboxylic acids is 1. The Morgan fingerprint density at radius 2 is 2.25 bits per heavy atom. The van der Waals surface area contributed by atoms with Gasteiger partial charge in [0.15, 0.2) is 0 Å². The van der Waals surface area contributed by atoms with E-state index in [1.54, 1.807) is 17.4 Å². The molecule has 2 heterocycles. The Labute approximate surface area is 123 Å². The summed E-state index contributed by atoms with van der Waals surface area (Å²) in [5.41, 5.74) is 6.90. The Morgan fingerprint density at radius 1 is 1.45 bits per heavy atom. The van der Waals surface area contributed by atoms with Crippen molar-refractivity contribution in [3.05, 3.63) is 21.4 Å². The summed E-state index contributed by atoms with van der Waals surface area (Å²) in [6, 6.07) is 2.04. The fraction of sp³-hybridized carbons (Fsp3) is 0.467. The van der Waals surface area contributed by atoms with Crippen molar-refractivity contribution in [2.75, 3.05) is 0 Å². The number of nitrogens with zero attached hydrogens (tertiary/aromatic N) is 1. The number of carbonyl (C=O) groups is 1. The van der Waals surface area contributed by atoms with Crippen molar-refractivity contribution < 1.29 is 9.90 Å². The van der Waals surface area contributed by atoms with Crippen LogP contribution in [0.1, 0.15) is 48.8 Å². The van der Waals surface area contributed by atoms with Crippen molar-refractivity contribution in [2.45, 2.75) is 45.4 Å². The standard InChI is InChI=1S/C15H20N2O2S/c1-2-3-4-5-6-11-9-12-13(20-11)7-10(15(18)19)8-14(16)17-12/h7,9H,2-6,8H2,1H3,(H2,16,17)(H,18,19). The molecule has 20 heavy (non-hydrogen) atoms. The summed E-state index contributed by atoms with van der Waals surface area (Å²) < 4.78 is 0. The number of aryl methyl sites for hydroxylation is 1. The fourth-order valence-electron chi connectivity index (χ4n) is 2.22. The zero-order valence-electron chi connectivity index (χ0n) is 11.7. The molecule has 0 fully saturated rings. The van der Waals surface area contributed by atoms with Crippen LogP contribution in [0.5, 0.6) is 0 Å². The molecule has 5 heteroatoms. The van der Waals surface area contributed by atoms with Gasteiger partial charge in [0.05, 0.1) is 10.6 Å². The van der Waals surface area contributed by atoms with E-state index < -0.39 is 5.97 Å². The molecule has 0 bridgehead atoms. The van der Waals surface area contributed by atoms with Crippen LogP contribution in [0.4, 0.5) is 5.69 Å². The average molecular weight is 292 g/mol. The molecule has 4 nitrogen and oxygen atoms in total. The largest absolute Gasteiger partial charge is 0.478 e. The fourth-order valence-corrected chi connectivity index (χ4v) is 3.33. The highest BCUT2D eigenvalue weighted by molar-refractivity contribution is 7.13. The molecule has 1 aliphatic rings. The molecular weight excluding hydrogens is 272 g/mol. The van der Waals surface area contributed by atoms with Crippen LogP contribution < -0.4 is 5.73 Å². The number of fused-ring (bicyclic) bond motifs is 1. The predicted octanol–water partition coefficient (Wildman–Crippen LogP) is 3.73. The Balaban J connectivity index is 2.15. The van der Waals surface area contributed by atoms with Crippen molar-refractivity contribution in [2.24, 2.45) is 10.7 Å². The second-order valence-electron chi connectivity index (χ2n) is 5.03. The van der Waals surface area contributed by atoms with Gasteiger partial charge in [-0.1, -0.05) is 26.2 Å².